The van der Waals surface area contributed by atoms with Crippen molar-refractivity contribution in [3.8, 4) is 11.5 Å². The summed E-state index contributed by atoms with van der Waals surface area (Å²) in [6, 6.07) is 12.6. The summed E-state index contributed by atoms with van der Waals surface area (Å²) in [6.07, 6.45) is 3.50. The number of anilines is 1. The van der Waals surface area contributed by atoms with E-state index in [0.717, 1.165) is 11.3 Å². The molecule has 3 aromatic rings. The van der Waals surface area contributed by atoms with Crippen molar-refractivity contribution in [1.29, 1.82) is 0 Å². The lowest BCUT2D eigenvalue weighted by molar-refractivity contribution is -0.139. The van der Waals surface area contributed by atoms with Crippen LogP contribution in [0.2, 0.25) is 0 Å². The molecule has 1 atom stereocenters. The maximum Gasteiger partial charge on any atom is 0.338 e. The first-order chi connectivity index (χ1) is 18.8. The van der Waals surface area contributed by atoms with Crippen LogP contribution in [0.15, 0.2) is 76.2 Å². The molecule has 2 heterocycles. The molecule has 2 aromatic carbocycles. The van der Waals surface area contributed by atoms with Gasteiger partial charge in [-0.3, -0.25) is 9.36 Å². The van der Waals surface area contributed by atoms with E-state index in [0.29, 0.717) is 50.9 Å². The van der Waals surface area contributed by atoms with Gasteiger partial charge in [0.1, 0.15) is 6.61 Å². The smallest absolute Gasteiger partial charge is 0.338 e. The molecule has 0 fully saturated rings. The number of hydrogen-bond acceptors (Lipinski definition) is 8. The minimum absolute atomic E-state index is 0.203. The maximum atomic E-state index is 13.9. The van der Waals surface area contributed by atoms with Gasteiger partial charge in [-0.2, -0.15) is 0 Å². The highest BCUT2D eigenvalue weighted by Crippen LogP contribution is 2.36. The molecule has 1 aliphatic rings. The van der Waals surface area contributed by atoms with Crippen LogP contribution in [0.4, 0.5) is 5.69 Å². The Balaban J connectivity index is 1.90. The van der Waals surface area contributed by atoms with Gasteiger partial charge in [0.2, 0.25) is 0 Å². The molecule has 0 aliphatic carbocycles. The van der Waals surface area contributed by atoms with E-state index < -0.39 is 12.0 Å². The molecule has 0 saturated heterocycles. The SMILES string of the molecule is C=CCOc1ccc(C2C(C(=O)OCC)=C(C)N=c3sc(=Cc4ccc(N(C)C)cc4)c(=O)n32)cc1OCC. The highest BCUT2D eigenvalue weighted by Gasteiger charge is 2.34. The molecule has 0 spiro atoms. The van der Waals surface area contributed by atoms with Crippen molar-refractivity contribution in [3.05, 3.63) is 97.2 Å². The van der Waals surface area contributed by atoms with E-state index in [4.69, 9.17) is 14.2 Å². The molecule has 0 amide bonds. The molecular formula is C30H33N3O5S. The van der Waals surface area contributed by atoms with E-state index in [2.05, 4.69) is 11.6 Å². The molecule has 0 saturated carbocycles. The third-order valence-corrected chi connectivity index (χ3v) is 7.15. The second-order valence-corrected chi connectivity index (χ2v) is 10.0. The van der Waals surface area contributed by atoms with Crippen molar-refractivity contribution >= 4 is 29.1 Å². The second-order valence-electron chi connectivity index (χ2n) is 9.03. The van der Waals surface area contributed by atoms with Crippen LogP contribution in [0, 0.1) is 0 Å². The number of ether oxygens (including phenoxy) is 3. The van der Waals surface area contributed by atoms with E-state index in [1.807, 2.05) is 68.4 Å². The fourth-order valence-electron chi connectivity index (χ4n) is 4.36. The van der Waals surface area contributed by atoms with Crippen molar-refractivity contribution in [2.75, 3.05) is 38.8 Å². The first-order valence-electron chi connectivity index (χ1n) is 12.8. The number of nitrogens with zero attached hydrogens (tertiary/aromatic N) is 3. The van der Waals surface area contributed by atoms with Gasteiger partial charge in [0.15, 0.2) is 16.3 Å². The fraction of sp³-hybridized carbons (Fsp3) is 0.300. The zero-order valence-corrected chi connectivity index (χ0v) is 23.7. The summed E-state index contributed by atoms with van der Waals surface area (Å²) in [7, 11) is 3.96. The maximum absolute atomic E-state index is 13.9. The van der Waals surface area contributed by atoms with Gasteiger partial charge in [-0.15, -0.1) is 0 Å². The van der Waals surface area contributed by atoms with Gasteiger partial charge in [0, 0.05) is 19.8 Å². The molecule has 9 heteroatoms. The van der Waals surface area contributed by atoms with Crippen LogP contribution in [-0.2, 0) is 9.53 Å². The van der Waals surface area contributed by atoms with E-state index in [9.17, 15) is 9.59 Å². The quantitative estimate of drug-likeness (QED) is 0.284. The van der Waals surface area contributed by atoms with Crippen molar-refractivity contribution in [1.82, 2.24) is 4.57 Å². The molecule has 4 rings (SSSR count). The summed E-state index contributed by atoms with van der Waals surface area (Å²) in [5, 5.41) is 0. The van der Waals surface area contributed by atoms with Crippen LogP contribution in [0.25, 0.3) is 6.08 Å². The zero-order valence-electron chi connectivity index (χ0n) is 22.9. The lowest BCUT2D eigenvalue weighted by Crippen LogP contribution is -2.40. The number of thiazole rings is 1. The average Bonchev–Trinajstić information content (AvgIpc) is 3.21. The third-order valence-electron chi connectivity index (χ3n) is 6.16. The molecule has 1 aliphatic heterocycles. The largest absolute Gasteiger partial charge is 0.490 e. The van der Waals surface area contributed by atoms with Crippen LogP contribution < -0.4 is 29.3 Å². The molecule has 0 N–H and O–H groups in total. The van der Waals surface area contributed by atoms with E-state index in [1.54, 1.807) is 30.6 Å². The molecule has 0 radical (unpaired) electrons. The van der Waals surface area contributed by atoms with Gasteiger partial charge >= 0.3 is 5.97 Å². The average molecular weight is 548 g/mol. The topological polar surface area (TPSA) is 82.4 Å². The Morgan fingerprint density at radius 3 is 2.49 bits per heavy atom. The van der Waals surface area contributed by atoms with Gasteiger partial charge in [0.25, 0.3) is 5.56 Å². The van der Waals surface area contributed by atoms with E-state index >= 15 is 0 Å². The first kappa shape index (κ1) is 27.9. The molecular weight excluding hydrogens is 514 g/mol. The summed E-state index contributed by atoms with van der Waals surface area (Å²) < 4.78 is 19.1. The summed E-state index contributed by atoms with van der Waals surface area (Å²) in [5.41, 5.74) is 3.23. The summed E-state index contributed by atoms with van der Waals surface area (Å²) >= 11 is 1.29. The first-order valence-corrected chi connectivity index (χ1v) is 13.6. The van der Waals surface area contributed by atoms with Crippen molar-refractivity contribution in [2.45, 2.75) is 26.8 Å². The molecule has 1 unspecified atom stereocenters. The highest BCUT2D eigenvalue weighted by molar-refractivity contribution is 7.07. The number of benzene rings is 2. The van der Waals surface area contributed by atoms with E-state index in [1.165, 1.54) is 11.3 Å². The van der Waals surface area contributed by atoms with Crippen LogP contribution in [0.3, 0.4) is 0 Å². The van der Waals surface area contributed by atoms with Gasteiger partial charge in [-0.25, -0.2) is 9.79 Å². The van der Waals surface area contributed by atoms with Crippen molar-refractivity contribution in [2.24, 2.45) is 4.99 Å². The number of aromatic nitrogens is 1. The normalized spacial score (nSPS) is 14.9. The second kappa shape index (κ2) is 12.2. The molecule has 1 aromatic heterocycles. The Hall–Kier alpha value is -4.11. The lowest BCUT2D eigenvalue weighted by atomic mass is 9.95. The number of allylic oxidation sites excluding steroid dienone is 1. The zero-order chi connectivity index (χ0) is 28.1. The Labute approximate surface area is 231 Å². The standard InChI is InChI=1S/C30H33N3O5S/c1-7-16-38-23-15-12-21(18-24(23)36-8-2)27-26(29(35)37-9-3)19(4)31-30-33(27)28(34)25(39-30)17-20-10-13-22(14-11-20)32(5)6/h7,10-15,17-18,27H,1,8-9,16H2,2-6H3. The monoisotopic (exact) mass is 547 g/mol. The Kier molecular flexibility index (Phi) is 8.71. The third kappa shape index (κ3) is 5.83. The predicted octanol–water partition coefficient (Wildman–Crippen LogP) is 3.83. The summed E-state index contributed by atoms with van der Waals surface area (Å²) in [6.45, 7) is 10.0. The van der Waals surface area contributed by atoms with E-state index in [-0.39, 0.29) is 12.2 Å². The number of carbonyl (C=O) groups is 1. The minimum atomic E-state index is -0.744. The lowest BCUT2D eigenvalue weighted by Gasteiger charge is -2.25. The van der Waals surface area contributed by atoms with Gasteiger partial charge < -0.3 is 19.1 Å². The number of rotatable bonds is 10. The van der Waals surface area contributed by atoms with Crippen molar-refractivity contribution in [3.63, 3.8) is 0 Å². The van der Waals surface area contributed by atoms with Crippen LogP contribution in [0.5, 0.6) is 11.5 Å². The molecule has 39 heavy (non-hydrogen) atoms. The Bertz CT molecular complexity index is 1580. The summed E-state index contributed by atoms with van der Waals surface area (Å²) in [5.74, 6) is 0.549. The number of esters is 1. The minimum Gasteiger partial charge on any atom is -0.490 e. The predicted molar refractivity (Wildman–Crippen MR) is 154 cm³/mol. The summed E-state index contributed by atoms with van der Waals surface area (Å²) in [4.78, 5) is 34.2. The van der Waals surface area contributed by atoms with Crippen LogP contribution in [0.1, 0.15) is 37.9 Å². The van der Waals surface area contributed by atoms with Crippen LogP contribution in [-0.4, -0.2) is 44.5 Å². The van der Waals surface area contributed by atoms with Gasteiger partial charge in [-0.05, 0) is 62.2 Å². The number of carbonyl (C=O) groups excluding carboxylic acids is 1. The number of hydrogen-bond donors (Lipinski definition) is 0. The van der Waals surface area contributed by atoms with Gasteiger partial charge in [-0.1, -0.05) is 42.2 Å². The molecule has 0 bridgehead atoms. The van der Waals surface area contributed by atoms with Crippen molar-refractivity contribution < 1.29 is 19.0 Å². The molecule has 204 valence electrons. The van der Waals surface area contributed by atoms with Gasteiger partial charge in [0.05, 0.1) is 35.1 Å². The Morgan fingerprint density at radius 1 is 1.10 bits per heavy atom. The molecule has 8 nitrogen and oxygen atoms in total. The number of fused-ring (bicyclic) bond motifs is 1. The Morgan fingerprint density at radius 2 is 1.85 bits per heavy atom. The fourth-order valence-corrected chi connectivity index (χ4v) is 5.40. The van der Waals surface area contributed by atoms with Crippen LogP contribution >= 0.6 is 11.3 Å². The highest BCUT2D eigenvalue weighted by atomic mass is 32.1.